The molecule has 2 aliphatic rings. The Kier molecular flexibility index (Phi) is 6.07. The third kappa shape index (κ3) is 3.91. The molecule has 1 aliphatic carbocycles. The van der Waals surface area contributed by atoms with E-state index in [1.54, 1.807) is 7.11 Å². The minimum atomic E-state index is 0.246. The van der Waals surface area contributed by atoms with E-state index >= 15 is 0 Å². The highest BCUT2D eigenvalue weighted by Crippen LogP contribution is 2.27. The lowest BCUT2D eigenvalue weighted by Gasteiger charge is -2.44. The molecular weight excluding hydrogens is 240 g/mol. The monoisotopic (exact) mass is 270 g/mol. The molecule has 2 rings (SSSR count). The van der Waals surface area contributed by atoms with Gasteiger partial charge in [0.15, 0.2) is 0 Å². The minimum absolute atomic E-state index is 0.246. The minimum Gasteiger partial charge on any atom is -0.377 e. The van der Waals surface area contributed by atoms with Gasteiger partial charge in [-0.15, -0.1) is 0 Å². The number of methoxy groups -OCH3 is 1. The molecule has 3 unspecified atom stereocenters. The highest BCUT2D eigenvalue weighted by atomic mass is 16.5. The number of rotatable bonds is 7. The molecule has 0 aromatic heterocycles. The summed E-state index contributed by atoms with van der Waals surface area (Å²) in [5, 5.41) is 3.69. The van der Waals surface area contributed by atoms with Crippen molar-refractivity contribution in [3.63, 3.8) is 0 Å². The second-order valence-corrected chi connectivity index (χ2v) is 5.82. The Balaban J connectivity index is 1.64. The Morgan fingerprint density at radius 1 is 1.21 bits per heavy atom. The molecule has 4 heteroatoms. The first kappa shape index (κ1) is 15.2. The van der Waals surface area contributed by atoms with E-state index in [2.05, 4.69) is 24.1 Å². The molecule has 0 bridgehead atoms. The van der Waals surface area contributed by atoms with Gasteiger partial charge < -0.3 is 19.7 Å². The van der Waals surface area contributed by atoms with Gasteiger partial charge in [0.05, 0.1) is 12.2 Å². The molecule has 1 saturated carbocycles. The first-order chi connectivity index (χ1) is 9.28. The fraction of sp³-hybridized carbons (Fsp3) is 1.00. The molecule has 4 nitrogen and oxygen atoms in total. The summed E-state index contributed by atoms with van der Waals surface area (Å²) in [6.45, 7) is 9.96. The van der Waals surface area contributed by atoms with Crippen LogP contribution in [0.25, 0.3) is 0 Å². The predicted molar refractivity (Wildman–Crippen MR) is 77.5 cm³/mol. The summed E-state index contributed by atoms with van der Waals surface area (Å²) in [4.78, 5) is 2.54. The number of hydrogen-bond donors (Lipinski definition) is 1. The Hall–Kier alpha value is -0.160. The van der Waals surface area contributed by atoms with Gasteiger partial charge >= 0.3 is 0 Å². The number of nitrogens with one attached hydrogen (secondary N) is 1. The van der Waals surface area contributed by atoms with E-state index < -0.39 is 0 Å². The zero-order chi connectivity index (χ0) is 13.7. The maximum atomic E-state index is 5.66. The maximum Gasteiger partial charge on any atom is 0.0986 e. The quantitative estimate of drug-likeness (QED) is 0.760. The van der Waals surface area contributed by atoms with Gasteiger partial charge in [0.1, 0.15) is 0 Å². The summed E-state index contributed by atoms with van der Waals surface area (Å²) >= 11 is 0. The third-order valence-electron chi connectivity index (χ3n) is 4.73. The van der Waals surface area contributed by atoms with Crippen molar-refractivity contribution in [1.82, 2.24) is 10.2 Å². The summed E-state index contributed by atoms with van der Waals surface area (Å²) < 4.78 is 11.2. The van der Waals surface area contributed by atoms with E-state index in [4.69, 9.17) is 9.47 Å². The predicted octanol–water partition coefficient (Wildman–Crippen LogP) is 1.50. The highest BCUT2D eigenvalue weighted by molar-refractivity contribution is 4.97. The van der Waals surface area contributed by atoms with Gasteiger partial charge in [-0.2, -0.15) is 0 Å². The Bertz CT molecular complexity index is 255. The van der Waals surface area contributed by atoms with Crippen molar-refractivity contribution >= 4 is 0 Å². The van der Waals surface area contributed by atoms with E-state index in [9.17, 15) is 0 Å². The number of nitrogens with zero attached hydrogens (tertiary/aromatic N) is 1. The average molecular weight is 270 g/mol. The Labute approximate surface area is 117 Å². The summed E-state index contributed by atoms with van der Waals surface area (Å²) in [6, 6.07) is 0.491. The van der Waals surface area contributed by atoms with Crippen molar-refractivity contribution in [2.24, 2.45) is 5.92 Å². The van der Waals surface area contributed by atoms with Crippen LogP contribution in [-0.2, 0) is 9.47 Å². The first-order valence-corrected chi connectivity index (χ1v) is 7.88. The molecule has 0 spiro atoms. The maximum absolute atomic E-state index is 5.66. The zero-order valence-corrected chi connectivity index (χ0v) is 12.7. The molecule has 0 aromatic rings. The van der Waals surface area contributed by atoms with Crippen molar-refractivity contribution in [3.8, 4) is 0 Å². The molecular formula is C15H30N2O2. The molecule has 2 fully saturated rings. The fourth-order valence-electron chi connectivity index (χ4n) is 3.30. The smallest absolute Gasteiger partial charge is 0.0986 e. The summed E-state index contributed by atoms with van der Waals surface area (Å²) in [5.74, 6) is 0.839. The molecule has 1 N–H and O–H groups in total. The highest BCUT2D eigenvalue weighted by Gasteiger charge is 2.41. The lowest BCUT2D eigenvalue weighted by Crippen LogP contribution is -2.60. The van der Waals surface area contributed by atoms with Crippen molar-refractivity contribution < 1.29 is 9.47 Å². The Morgan fingerprint density at radius 3 is 2.53 bits per heavy atom. The fourth-order valence-corrected chi connectivity index (χ4v) is 3.30. The zero-order valence-electron chi connectivity index (χ0n) is 12.7. The Morgan fingerprint density at radius 2 is 1.95 bits per heavy atom. The van der Waals surface area contributed by atoms with Crippen LogP contribution < -0.4 is 5.32 Å². The lowest BCUT2D eigenvalue weighted by atomic mass is 9.84. The van der Waals surface area contributed by atoms with Gasteiger partial charge in [-0.1, -0.05) is 6.92 Å². The van der Waals surface area contributed by atoms with Crippen molar-refractivity contribution in [2.45, 2.75) is 51.4 Å². The molecule has 112 valence electrons. The van der Waals surface area contributed by atoms with E-state index in [1.165, 1.54) is 32.5 Å². The van der Waals surface area contributed by atoms with Crippen LogP contribution in [0.2, 0.25) is 0 Å². The molecule has 1 saturated heterocycles. The van der Waals surface area contributed by atoms with Crippen LogP contribution in [0.15, 0.2) is 0 Å². The average Bonchev–Trinajstić information content (AvgIpc) is 2.43. The summed E-state index contributed by atoms with van der Waals surface area (Å²) in [7, 11) is 1.80. The van der Waals surface area contributed by atoms with E-state index in [0.717, 1.165) is 25.5 Å². The summed E-state index contributed by atoms with van der Waals surface area (Å²) in [5.41, 5.74) is 0. The molecule has 1 heterocycles. The van der Waals surface area contributed by atoms with E-state index in [1.807, 2.05) is 0 Å². The van der Waals surface area contributed by atoms with Crippen molar-refractivity contribution in [2.75, 3.05) is 39.9 Å². The van der Waals surface area contributed by atoms with E-state index in [-0.39, 0.29) is 6.10 Å². The first-order valence-electron chi connectivity index (χ1n) is 7.88. The molecule has 3 atom stereocenters. The SMILES string of the molecule is CCOC1CC(NCC2CCN(CC)CC2)C1OC. The van der Waals surface area contributed by atoms with Gasteiger partial charge in [-0.3, -0.25) is 0 Å². The van der Waals surface area contributed by atoms with Crippen LogP contribution in [0.5, 0.6) is 0 Å². The lowest BCUT2D eigenvalue weighted by molar-refractivity contribution is -0.131. The number of likely N-dealkylation sites (tertiary alicyclic amines) is 1. The van der Waals surface area contributed by atoms with Crippen LogP contribution in [0, 0.1) is 5.92 Å². The van der Waals surface area contributed by atoms with Crippen LogP contribution >= 0.6 is 0 Å². The molecule has 0 amide bonds. The van der Waals surface area contributed by atoms with Gasteiger partial charge in [0, 0.05) is 19.8 Å². The molecule has 19 heavy (non-hydrogen) atoms. The number of ether oxygens (including phenoxy) is 2. The van der Waals surface area contributed by atoms with Gasteiger partial charge in [-0.25, -0.2) is 0 Å². The third-order valence-corrected chi connectivity index (χ3v) is 4.73. The van der Waals surface area contributed by atoms with Crippen LogP contribution in [0.3, 0.4) is 0 Å². The normalized spacial score (nSPS) is 33.3. The summed E-state index contributed by atoms with van der Waals surface area (Å²) in [6.07, 6.45) is 4.31. The van der Waals surface area contributed by atoms with Gasteiger partial charge in [-0.05, 0) is 58.3 Å². The standard InChI is InChI=1S/C15H30N2O2/c1-4-17-8-6-12(7-9-17)11-16-13-10-14(19-5-2)15(13)18-3/h12-16H,4-11H2,1-3H3. The van der Waals surface area contributed by atoms with E-state index in [0.29, 0.717) is 12.1 Å². The topological polar surface area (TPSA) is 33.7 Å². The van der Waals surface area contributed by atoms with Crippen LogP contribution in [0.4, 0.5) is 0 Å². The largest absolute Gasteiger partial charge is 0.377 e. The van der Waals surface area contributed by atoms with Crippen molar-refractivity contribution in [3.05, 3.63) is 0 Å². The molecule has 0 radical (unpaired) electrons. The van der Waals surface area contributed by atoms with Gasteiger partial charge in [0.25, 0.3) is 0 Å². The second-order valence-electron chi connectivity index (χ2n) is 5.82. The van der Waals surface area contributed by atoms with Crippen molar-refractivity contribution in [1.29, 1.82) is 0 Å². The van der Waals surface area contributed by atoms with Crippen LogP contribution in [-0.4, -0.2) is 63.0 Å². The number of piperidine rings is 1. The number of hydrogen-bond acceptors (Lipinski definition) is 4. The van der Waals surface area contributed by atoms with Crippen LogP contribution in [0.1, 0.15) is 33.1 Å². The van der Waals surface area contributed by atoms with Gasteiger partial charge in [0.2, 0.25) is 0 Å². The molecule has 1 aliphatic heterocycles. The second kappa shape index (κ2) is 7.58. The molecule has 0 aromatic carbocycles.